The second-order valence-corrected chi connectivity index (χ2v) is 5.31. The monoisotopic (exact) mass is 248 g/mol. The van der Waals surface area contributed by atoms with Crippen LogP contribution < -0.4 is 0 Å². The van der Waals surface area contributed by atoms with E-state index >= 15 is 0 Å². The standard InChI is InChI=1S/C12H12N2O2S/c1-2-17-9-5-8(12(7-13)3-4-12)6-14-10(9)11(15)16/h5-6H,2-4H2,1H3,(H,15,16). The van der Waals surface area contributed by atoms with Crippen LogP contribution in [0.2, 0.25) is 0 Å². The first-order valence-corrected chi connectivity index (χ1v) is 6.39. The van der Waals surface area contributed by atoms with Gasteiger partial charge in [0.15, 0.2) is 5.69 Å². The molecule has 0 bridgehead atoms. The maximum atomic E-state index is 11.0. The minimum Gasteiger partial charge on any atom is -0.476 e. The maximum absolute atomic E-state index is 11.0. The van der Waals surface area contributed by atoms with E-state index in [0.29, 0.717) is 4.90 Å². The molecule has 17 heavy (non-hydrogen) atoms. The van der Waals surface area contributed by atoms with Crippen molar-refractivity contribution in [2.75, 3.05) is 5.75 Å². The van der Waals surface area contributed by atoms with Crippen molar-refractivity contribution in [3.8, 4) is 6.07 Å². The Morgan fingerprint density at radius 3 is 2.88 bits per heavy atom. The molecule has 0 atom stereocenters. The Bertz CT molecular complexity index is 504. The molecule has 0 aliphatic heterocycles. The summed E-state index contributed by atoms with van der Waals surface area (Å²) in [5.74, 6) is -0.236. The molecule has 1 fully saturated rings. The van der Waals surface area contributed by atoms with Gasteiger partial charge in [-0.15, -0.1) is 11.8 Å². The molecule has 1 N–H and O–H groups in total. The molecule has 4 nitrogen and oxygen atoms in total. The fraction of sp³-hybridized carbons (Fsp3) is 0.417. The summed E-state index contributed by atoms with van der Waals surface area (Å²) in [7, 11) is 0. The number of nitriles is 1. The number of hydrogen-bond donors (Lipinski definition) is 1. The Hall–Kier alpha value is -1.54. The lowest BCUT2D eigenvalue weighted by Crippen LogP contribution is -2.08. The molecule has 2 rings (SSSR count). The van der Waals surface area contributed by atoms with Gasteiger partial charge in [0.2, 0.25) is 0 Å². The first kappa shape index (κ1) is 11.9. The van der Waals surface area contributed by atoms with Gasteiger partial charge in [-0.25, -0.2) is 9.78 Å². The average molecular weight is 248 g/mol. The third kappa shape index (κ3) is 2.13. The van der Waals surface area contributed by atoms with E-state index in [1.807, 2.05) is 6.92 Å². The highest BCUT2D eigenvalue weighted by Crippen LogP contribution is 2.48. The van der Waals surface area contributed by atoms with Gasteiger partial charge in [0, 0.05) is 11.1 Å². The number of thioether (sulfide) groups is 1. The predicted molar refractivity (Wildman–Crippen MR) is 64.1 cm³/mol. The summed E-state index contributed by atoms with van der Waals surface area (Å²) in [6.07, 6.45) is 3.21. The number of aromatic carboxylic acids is 1. The van der Waals surface area contributed by atoms with Crippen molar-refractivity contribution in [2.24, 2.45) is 0 Å². The zero-order valence-electron chi connectivity index (χ0n) is 9.43. The van der Waals surface area contributed by atoms with Crippen molar-refractivity contribution >= 4 is 17.7 Å². The molecule has 1 aliphatic rings. The van der Waals surface area contributed by atoms with Crippen LogP contribution in [-0.2, 0) is 5.41 Å². The first-order valence-electron chi connectivity index (χ1n) is 5.41. The van der Waals surface area contributed by atoms with Crippen LogP contribution in [0.3, 0.4) is 0 Å². The fourth-order valence-corrected chi connectivity index (χ4v) is 2.52. The molecule has 0 radical (unpaired) electrons. The largest absolute Gasteiger partial charge is 0.476 e. The second kappa shape index (κ2) is 4.38. The fourth-order valence-electron chi connectivity index (χ4n) is 1.72. The average Bonchev–Trinajstić information content (AvgIpc) is 3.10. The molecule has 0 saturated heterocycles. The molecule has 1 aromatic heterocycles. The van der Waals surface area contributed by atoms with Crippen LogP contribution in [-0.4, -0.2) is 21.8 Å². The molecule has 0 unspecified atom stereocenters. The van der Waals surface area contributed by atoms with Gasteiger partial charge < -0.3 is 5.11 Å². The summed E-state index contributed by atoms with van der Waals surface area (Å²) < 4.78 is 0. The highest BCUT2D eigenvalue weighted by atomic mass is 32.2. The molecule has 0 aromatic carbocycles. The normalized spacial score (nSPS) is 16.2. The van der Waals surface area contributed by atoms with Gasteiger partial charge in [-0.2, -0.15) is 5.26 Å². The van der Waals surface area contributed by atoms with E-state index in [-0.39, 0.29) is 5.69 Å². The highest BCUT2D eigenvalue weighted by Gasteiger charge is 2.45. The lowest BCUT2D eigenvalue weighted by molar-refractivity contribution is 0.0686. The molecular formula is C12H12N2O2S. The van der Waals surface area contributed by atoms with Crippen LogP contribution in [0.15, 0.2) is 17.2 Å². The van der Waals surface area contributed by atoms with Crippen molar-refractivity contribution in [2.45, 2.75) is 30.1 Å². The summed E-state index contributed by atoms with van der Waals surface area (Å²) in [4.78, 5) is 15.6. The van der Waals surface area contributed by atoms with Gasteiger partial charge in [0.25, 0.3) is 0 Å². The lowest BCUT2D eigenvalue weighted by Gasteiger charge is -2.09. The van der Waals surface area contributed by atoms with Crippen LogP contribution in [0, 0.1) is 11.3 Å². The number of rotatable bonds is 4. The maximum Gasteiger partial charge on any atom is 0.355 e. The minimum absolute atomic E-state index is 0.0781. The van der Waals surface area contributed by atoms with E-state index in [0.717, 1.165) is 24.2 Å². The summed E-state index contributed by atoms with van der Waals surface area (Å²) in [5.41, 5.74) is 0.517. The van der Waals surface area contributed by atoms with Crippen LogP contribution in [0.4, 0.5) is 0 Å². The van der Waals surface area contributed by atoms with Crippen LogP contribution >= 0.6 is 11.8 Å². The zero-order valence-corrected chi connectivity index (χ0v) is 10.3. The summed E-state index contributed by atoms with van der Waals surface area (Å²) in [6, 6.07) is 4.10. The number of aromatic nitrogens is 1. The van der Waals surface area contributed by atoms with Crippen molar-refractivity contribution < 1.29 is 9.90 Å². The highest BCUT2D eigenvalue weighted by molar-refractivity contribution is 7.99. The summed E-state index contributed by atoms with van der Waals surface area (Å²) in [6.45, 7) is 1.96. The van der Waals surface area contributed by atoms with Gasteiger partial charge in [-0.05, 0) is 30.2 Å². The number of carboxylic acid groups (broad SMARTS) is 1. The van der Waals surface area contributed by atoms with E-state index in [1.54, 1.807) is 6.07 Å². The third-order valence-electron chi connectivity index (χ3n) is 2.87. The SMILES string of the molecule is CCSc1cc(C2(C#N)CC2)cnc1C(=O)O. The topological polar surface area (TPSA) is 74.0 Å². The number of pyridine rings is 1. The minimum atomic E-state index is -1.02. The Balaban J connectivity index is 2.43. The van der Waals surface area contributed by atoms with E-state index in [2.05, 4.69) is 11.1 Å². The van der Waals surface area contributed by atoms with Crippen LogP contribution in [0.25, 0.3) is 0 Å². The molecule has 88 valence electrons. The van der Waals surface area contributed by atoms with Crippen LogP contribution in [0.5, 0.6) is 0 Å². The molecule has 1 aromatic rings. The molecule has 1 aliphatic carbocycles. The second-order valence-electron chi connectivity index (χ2n) is 4.00. The van der Waals surface area contributed by atoms with Gasteiger partial charge >= 0.3 is 5.97 Å². The predicted octanol–water partition coefficient (Wildman–Crippen LogP) is 2.45. The zero-order chi connectivity index (χ0) is 12.5. The Morgan fingerprint density at radius 1 is 1.71 bits per heavy atom. The number of carboxylic acids is 1. The van der Waals surface area contributed by atoms with Gasteiger partial charge in [0.1, 0.15) is 0 Å². The molecule has 0 spiro atoms. The Kier molecular flexibility index (Phi) is 3.07. The van der Waals surface area contributed by atoms with E-state index < -0.39 is 11.4 Å². The van der Waals surface area contributed by atoms with E-state index in [1.165, 1.54) is 18.0 Å². The van der Waals surface area contributed by atoms with E-state index in [9.17, 15) is 4.79 Å². The lowest BCUT2D eigenvalue weighted by atomic mass is 10.00. The van der Waals surface area contributed by atoms with Crippen molar-refractivity contribution in [1.29, 1.82) is 5.26 Å². The molecular weight excluding hydrogens is 236 g/mol. The number of carbonyl (C=O) groups is 1. The van der Waals surface area contributed by atoms with Gasteiger partial charge in [-0.3, -0.25) is 0 Å². The van der Waals surface area contributed by atoms with Crippen molar-refractivity contribution in [3.05, 3.63) is 23.5 Å². The Morgan fingerprint density at radius 2 is 2.41 bits per heavy atom. The number of hydrogen-bond acceptors (Lipinski definition) is 4. The summed E-state index contributed by atoms with van der Waals surface area (Å²) >= 11 is 1.45. The molecule has 5 heteroatoms. The van der Waals surface area contributed by atoms with E-state index in [4.69, 9.17) is 10.4 Å². The first-order chi connectivity index (χ1) is 8.13. The third-order valence-corrected chi connectivity index (χ3v) is 3.78. The quantitative estimate of drug-likeness (QED) is 0.828. The smallest absolute Gasteiger partial charge is 0.355 e. The molecule has 0 amide bonds. The van der Waals surface area contributed by atoms with Crippen molar-refractivity contribution in [1.82, 2.24) is 4.98 Å². The number of nitrogens with zero attached hydrogens (tertiary/aromatic N) is 2. The molecule has 1 heterocycles. The van der Waals surface area contributed by atoms with Crippen molar-refractivity contribution in [3.63, 3.8) is 0 Å². The van der Waals surface area contributed by atoms with Crippen LogP contribution in [0.1, 0.15) is 35.8 Å². The van der Waals surface area contributed by atoms with Gasteiger partial charge in [-0.1, -0.05) is 6.92 Å². The Labute approximate surface area is 104 Å². The summed E-state index contributed by atoms with van der Waals surface area (Å²) in [5, 5.41) is 18.1. The van der Waals surface area contributed by atoms with Gasteiger partial charge in [0.05, 0.1) is 11.5 Å². The molecule has 1 saturated carbocycles.